The van der Waals surface area contributed by atoms with Crippen molar-refractivity contribution in [2.45, 2.75) is 13.8 Å². The van der Waals surface area contributed by atoms with Gasteiger partial charge in [-0.1, -0.05) is 19.9 Å². The number of anilines is 1. The number of urea groups is 1. The molecule has 0 aliphatic carbocycles. The maximum Gasteiger partial charge on any atom is 0.321 e. The highest BCUT2D eigenvalue weighted by atomic mass is 16.5. The molecule has 7 nitrogen and oxygen atoms in total. The van der Waals surface area contributed by atoms with Gasteiger partial charge in [0.15, 0.2) is 0 Å². The van der Waals surface area contributed by atoms with Gasteiger partial charge in [0.05, 0.1) is 13.7 Å². The first kappa shape index (κ1) is 19.1. The molecule has 138 valence electrons. The summed E-state index contributed by atoms with van der Waals surface area (Å²) in [5.41, 5.74) is 1.12. The van der Waals surface area contributed by atoms with Gasteiger partial charge >= 0.3 is 6.03 Å². The first-order valence-corrected chi connectivity index (χ1v) is 8.67. The molecule has 0 atom stereocenters. The quantitative estimate of drug-likeness (QED) is 0.811. The van der Waals surface area contributed by atoms with Crippen LogP contribution >= 0.6 is 0 Å². The first-order chi connectivity index (χ1) is 12.0. The normalized spacial score (nSPS) is 15.1. The Kier molecular flexibility index (Phi) is 7.06. The molecule has 1 aliphatic heterocycles. The van der Waals surface area contributed by atoms with Crippen molar-refractivity contribution < 1.29 is 14.3 Å². The molecule has 3 amide bonds. The van der Waals surface area contributed by atoms with Crippen LogP contribution in [-0.2, 0) is 4.79 Å². The molecule has 25 heavy (non-hydrogen) atoms. The fourth-order valence-electron chi connectivity index (χ4n) is 2.68. The molecule has 1 fully saturated rings. The van der Waals surface area contributed by atoms with E-state index in [1.165, 1.54) is 0 Å². The zero-order valence-electron chi connectivity index (χ0n) is 15.2. The van der Waals surface area contributed by atoms with Crippen molar-refractivity contribution in [1.29, 1.82) is 0 Å². The van der Waals surface area contributed by atoms with Crippen molar-refractivity contribution >= 4 is 17.6 Å². The Hall–Kier alpha value is -2.28. The zero-order chi connectivity index (χ0) is 18.2. The summed E-state index contributed by atoms with van der Waals surface area (Å²) in [6, 6.07) is 7.55. The number of hydrogen-bond acceptors (Lipinski definition) is 5. The fourth-order valence-corrected chi connectivity index (χ4v) is 2.68. The lowest BCUT2D eigenvalue weighted by Gasteiger charge is -2.35. The summed E-state index contributed by atoms with van der Waals surface area (Å²) in [5, 5.41) is 5.06. The Morgan fingerprint density at radius 2 is 1.92 bits per heavy atom. The zero-order valence-corrected chi connectivity index (χ0v) is 15.2. The number of hydrogen-bond donors (Lipinski definition) is 2. The van der Waals surface area contributed by atoms with Crippen molar-refractivity contribution in [2.75, 3.05) is 51.3 Å². The number of rotatable bonds is 6. The van der Waals surface area contributed by atoms with Crippen molar-refractivity contribution in [1.82, 2.24) is 15.5 Å². The van der Waals surface area contributed by atoms with Gasteiger partial charge < -0.3 is 15.0 Å². The van der Waals surface area contributed by atoms with E-state index in [4.69, 9.17) is 4.74 Å². The lowest BCUT2D eigenvalue weighted by molar-refractivity contribution is -0.121. The van der Waals surface area contributed by atoms with Crippen molar-refractivity contribution in [3.63, 3.8) is 0 Å². The van der Waals surface area contributed by atoms with Gasteiger partial charge in [-0.15, -0.1) is 0 Å². The van der Waals surface area contributed by atoms with E-state index in [2.05, 4.69) is 26.5 Å². The van der Waals surface area contributed by atoms with Crippen LogP contribution in [0, 0.1) is 5.92 Å². The number of amides is 3. The second-order valence-corrected chi connectivity index (χ2v) is 6.62. The number of methoxy groups -OCH3 is 1. The predicted octanol–water partition coefficient (Wildman–Crippen LogP) is 1.30. The van der Waals surface area contributed by atoms with Gasteiger partial charge in [-0.2, -0.15) is 0 Å². The van der Waals surface area contributed by atoms with Crippen LogP contribution in [0.4, 0.5) is 10.5 Å². The minimum Gasteiger partial charge on any atom is -0.497 e. The molecule has 2 N–H and O–H groups in total. The summed E-state index contributed by atoms with van der Waals surface area (Å²) >= 11 is 0. The van der Waals surface area contributed by atoms with Crippen LogP contribution < -0.4 is 20.3 Å². The molecule has 2 rings (SSSR count). The average molecular weight is 348 g/mol. The van der Waals surface area contributed by atoms with E-state index in [1.807, 2.05) is 32.0 Å². The summed E-state index contributed by atoms with van der Waals surface area (Å²) < 4.78 is 5.26. The number of carbonyl (C=O) groups is 2. The highest BCUT2D eigenvalue weighted by molar-refractivity contribution is 5.95. The van der Waals surface area contributed by atoms with Crippen LogP contribution in [0.3, 0.4) is 0 Å². The number of carbonyl (C=O) groups excluding carboxylic acids is 2. The highest BCUT2D eigenvalue weighted by Crippen LogP contribution is 2.21. The molecule has 0 radical (unpaired) electrons. The second kappa shape index (κ2) is 9.27. The molecule has 0 spiro atoms. The molecule has 1 heterocycles. The third-order valence-corrected chi connectivity index (χ3v) is 4.08. The average Bonchev–Trinajstić information content (AvgIpc) is 2.60. The van der Waals surface area contributed by atoms with Crippen LogP contribution in [0.5, 0.6) is 5.75 Å². The highest BCUT2D eigenvalue weighted by Gasteiger charge is 2.20. The van der Waals surface area contributed by atoms with Crippen molar-refractivity contribution in [2.24, 2.45) is 5.92 Å². The van der Waals surface area contributed by atoms with Crippen LogP contribution in [-0.4, -0.2) is 63.2 Å². The number of imide groups is 1. The Bertz CT molecular complexity index is 583. The predicted molar refractivity (Wildman–Crippen MR) is 98.0 cm³/mol. The smallest absolute Gasteiger partial charge is 0.321 e. The Morgan fingerprint density at radius 1 is 1.20 bits per heavy atom. The monoisotopic (exact) mass is 348 g/mol. The van der Waals surface area contributed by atoms with E-state index in [0.29, 0.717) is 12.5 Å². The standard InChI is InChI=1S/C18H28N4O3/c1-14(2)12-19-18(24)20-17(23)13-21-7-9-22(10-8-21)15-5-4-6-16(11-15)25-3/h4-6,11,14H,7-10,12-13H2,1-3H3,(H2,19,20,23,24). The summed E-state index contributed by atoms with van der Waals surface area (Å²) in [4.78, 5) is 27.9. The van der Waals surface area contributed by atoms with Crippen LogP contribution in [0.25, 0.3) is 0 Å². The third-order valence-electron chi connectivity index (χ3n) is 4.08. The molecule has 0 saturated carbocycles. The third kappa shape index (κ3) is 6.26. The van der Waals surface area contributed by atoms with E-state index in [9.17, 15) is 9.59 Å². The maximum absolute atomic E-state index is 12.0. The number of piperazine rings is 1. The summed E-state index contributed by atoms with van der Waals surface area (Å²) in [7, 11) is 1.66. The molecule has 0 aromatic heterocycles. The molecular weight excluding hydrogens is 320 g/mol. The minimum absolute atomic E-state index is 0.237. The van der Waals surface area contributed by atoms with Crippen LogP contribution in [0.15, 0.2) is 24.3 Å². The SMILES string of the molecule is COc1cccc(N2CCN(CC(=O)NC(=O)NCC(C)C)CC2)c1. The lowest BCUT2D eigenvalue weighted by atomic mass is 10.2. The lowest BCUT2D eigenvalue weighted by Crippen LogP contribution is -2.51. The largest absolute Gasteiger partial charge is 0.497 e. The van der Waals surface area contributed by atoms with Crippen molar-refractivity contribution in [3.8, 4) is 5.75 Å². The van der Waals surface area contributed by atoms with E-state index >= 15 is 0 Å². The summed E-state index contributed by atoms with van der Waals surface area (Å²) in [6.45, 7) is 8.02. The van der Waals surface area contributed by atoms with Gasteiger partial charge in [-0.3, -0.25) is 15.0 Å². The molecular formula is C18H28N4O3. The molecule has 0 bridgehead atoms. The summed E-state index contributed by atoms with van der Waals surface area (Å²) in [6.07, 6.45) is 0. The van der Waals surface area contributed by atoms with Gasteiger partial charge in [0.1, 0.15) is 5.75 Å². The van der Waals surface area contributed by atoms with Crippen LogP contribution in [0.2, 0.25) is 0 Å². The Labute approximate surface area is 149 Å². The first-order valence-electron chi connectivity index (χ1n) is 8.67. The number of benzene rings is 1. The maximum atomic E-state index is 12.0. The van der Waals surface area contributed by atoms with Crippen LogP contribution in [0.1, 0.15) is 13.8 Å². The number of ether oxygens (including phenoxy) is 1. The minimum atomic E-state index is -0.422. The Morgan fingerprint density at radius 3 is 2.56 bits per heavy atom. The molecule has 1 saturated heterocycles. The van der Waals surface area contributed by atoms with Gasteiger partial charge in [0.25, 0.3) is 0 Å². The molecule has 7 heteroatoms. The molecule has 1 aliphatic rings. The van der Waals surface area contributed by atoms with E-state index in [-0.39, 0.29) is 12.5 Å². The van der Waals surface area contributed by atoms with E-state index in [1.54, 1.807) is 7.11 Å². The van der Waals surface area contributed by atoms with Gasteiger partial charge in [0.2, 0.25) is 5.91 Å². The number of nitrogens with one attached hydrogen (secondary N) is 2. The van der Waals surface area contributed by atoms with Gasteiger partial charge in [0, 0.05) is 44.5 Å². The number of nitrogens with zero attached hydrogens (tertiary/aromatic N) is 2. The van der Waals surface area contributed by atoms with E-state index < -0.39 is 6.03 Å². The molecule has 1 aromatic carbocycles. The van der Waals surface area contributed by atoms with Gasteiger partial charge in [-0.25, -0.2) is 4.79 Å². The van der Waals surface area contributed by atoms with Crippen molar-refractivity contribution in [3.05, 3.63) is 24.3 Å². The fraction of sp³-hybridized carbons (Fsp3) is 0.556. The van der Waals surface area contributed by atoms with Gasteiger partial charge in [-0.05, 0) is 18.1 Å². The Balaban J connectivity index is 1.74. The molecule has 1 aromatic rings. The van der Waals surface area contributed by atoms with E-state index in [0.717, 1.165) is 37.6 Å². The second-order valence-electron chi connectivity index (χ2n) is 6.62. The molecule has 0 unspecified atom stereocenters. The summed E-state index contributed by atoms with van der Waals surface area (Å²) in [5.74, 6) is 0.924. The topological polar surface area (TPSA) is 73.9 Å².